The lowest BCUT2D eigenvalue weighted by Crippen LogP contribution is -2.18. The maximum absolute atomic E-state index is 13.3. The molecule has 2 aromatic heterocycles. The molecule has 8 heteroatoms. The van der Waals surface area contributed by atoms with Crippen molar-refractivity contribution in [2.24, 2.45) is 0 Å². The summed E-state index contributed by atoms with van der Waals surface area (Å²) >= 11 is 0. The summed E-state index contributed by atoms with van der Waals surface area (Å²) in [6, 6.07) is 11.5. The molecule has 0 unspecified atom stereocenters. The number of amides is 1. The molecule has 0 saturated heterocycles. The fourth-order valence-corrected chi connectivity index (χ4v) is 3.14. The molecule has 4 rings (SSSR count). The fraction of sp³-hybridized carbons (Fsp3) is 0.143. The van der Waals surface area contributed by atoms with Gasteiger partial charge in [-0.25, -0.2) is 13.3 Å². The van der Waals surface area contributed by atoms with Gasteiger partial charge in [-0.3, -0.25) is 4.79 Å². The maximum atomic E-state index is 13.3. The number of nitrogens with one attached hydrogen (secondary N) is 1. The third-order valence-electron chi connectivity index (χ3n) is 4.62. The lowest BCUT2D eigenvalue weighted by molar-refractivity contribution is 0.102. The first kappa shape index (κ1) is 18.7. The van der Waals surface area contributed by atoms with Gasteiger partial charge < -0.3 is 5.32 Å². The summed E-state index contributed by atoms with van der Waals surface area (Å²) in [6.45, 7) is 3.68. The van der Waals surface area contributed by atoms with Crippen molar-refractivity contribution < 1.29 is 13.6 Å². The highest BCUT2D eigenvalue weighted by Gasteiger charge is 2.21. The maximum Gasteiger partial charge on any atom is 0.278 e. The van der Waals surface area contributed by atoms with Crippen LogP contribution in [0.25, 0.3) is 16.8 Å². The molecule has 0 atom stereocenters. The van der Waals surface area contributed by atoms with E-state index in [1.165, 1.54) is 36.4 Å². The summed E-state index contributed by atoms with van der Waals surface area (Å²) in [5.74, 6) is -1.19. The number of hydrogen-bond acceptors (Lipinski definition) is 4. The topological polar surface area (TPSA) is 72.2 Å². The van der Waals surface area contributed by atoms with E-state index in [0.717, 1.165) is 16.8 Å². The average molecular weight is 393 g/mol. The van der Waals surface area contributed by atoms with Crippen molar-refractivity contribution in [1.29, 1.82) is 0 Å². The number of fused-ring (bicyclic) bond motifs is 1. The van der Waals surface area contributed by atoms with Gasteiger partial charge in [0, 0.05) is 5.69 Å². The highest BCUT2D eigenvalue weighted by Crippen LogP contribution is 2.29. The molecule has 6 nitrogen and oxygen atoms in total. The molecule has 0 fully saturated rings. The number of aromatic nitrogens is 4. The molecule has 0 saturated carbocycles. The quantitative estimate of drug-likeness (QED) is 0.564. The first-order valence-corrected chi connectivity index (χ1v) is 9.05. The van der Waals surface area contributed by atoms with Crippen molar-refractivity contribution in [2.75, 3.05) is 5.32 Å². The number of carbonyl (C=O) groups is 1. The van der Waals surface area contributed by atoms with Crippen LogP contribution in [0.3, 0.4) is 0 Å². The number of anilines is 1. The Hall–Kier alpha value is -3.68. The number of halogens is 2. The second-order valence-corrected chi connectivity index (χ2v) is 6.51. The second-order valence-electron chi connectivity index (χ2n) is 6.51. The summed E-state index contributed by atoms with van der Waals surface area (Å²) in [4.78, 5) is 12.6. The van der Waals surface area contributed by atoms with E-state index in [2.05, 4.69) is 20.6 Å². The highest BCUT2D eigenvalue weighted by atomic mass is 19.1. The molecule has 0 aliphatic rings. The van der Waals surface area contributed by atoms with Crippen molar-refractivity contribution in [1.82, 2.24) is 19.8 Å². The van der Waals surface area contributed by atoms with Gasteiger partial charge >= 0.3 is 0 Å². The van der Waals surface area contributed by atoms with Gasteiger partial charge in [0.05, 0.1) is 17.0 Å². The standard InChI is InChI=1S/C21H17F2N5O/c1-3-17-18(13-4-6-14(22)7-5-13)20-26-25-19(12(2)28(20)27-17)21(29)24-16-10-8-15(23)9-11-16/h4-11H,3H2,1-2H3,(H,24,29). The van der Waals surface area contributed by atoms with Gasteiger partial charge in [0.2, 0.25) is 0 Å². The number of nitrogens with zero attached hydrogens (tertiary/aromatic N) is 4. The molecule has 0 aliphatic carbocycles. The van der Waals surface area contributed by atoms with E-state index in [9.17, 15) is 13.6 Å². The van der Waals surface area contributed by atoms with Gasteiger partial charge in [0.1, 0.15) is 11.6 Å². The minimum Gasteiger partial charge on any atom is -0.321 e. The normalized spacial score (nSPS) is 11.0. The van der Waals surface area contributed by atoms with E-state index in [0.29, 0.717) is 23.4 Å². The fourth-order valence-electron chi connectivity index (χ4n) is 3.14. The number of rotatable bonds is 4. The third-order valence-corrected chi connectivity index (χ3v) is 4.62. The Morgan fingerprint density at radius 2 is 1.62 bits per heavy atom. The molecule has 4 aromatic rings. The number of benzene rings is 2. The smallest absolute Gasteiger partial charge is 0.278 e. The van der Waals surface area contributed by atoms with Crippen LogP contribution < -0.4 is 5.32 Å². The summed E-state index contributed by atoms with van der Waals surface area (Å²) in [6.07, 6.45) is 0.632. The minimum absolute atomic E-state index is 0.109. The minimum atomic E-state index is -0.472. The Balaban J connectivity index is 1.77. The third kappa shape index (κ3) is 3.44. The van der Waals surface area contributed by atoms with Gasteiger partial charge in [0.15, 0.2) is 11.3 Å². The lowest BCUT2D eigenvalue weighted by atomic mass is 10.0. The molecule has 2 aromatic carbocycles. The van der Waals surface area contributed by atoms with Crippen molar-refractivity contribution in [3.8, 4) is 11.1 Å². The average Bonchev–Trinajstić information content (AvgIpc) is 3.10. The molecular formula is C21H17F2N5O. The molecule has 0 bridgehead atoms. The van der Waals surface area contributed by atoms with Crippen LogP contribution in [0.1, 0.15) is 28.8 Å². The first-order valence-electron chi connectivity index (χ1n) is 9.05. The Bertz CT molecular complexity index is 1200. The number of carbonyl (C=O) groups excluding carboxylic acids is 1. The SMILES string of the molecule is CCc1nn2c(C)c(C(=O)Nc3ccc(F)cc3)nnc2c1-c1ccc(F)cc1. The monoisotopic (exact) mass is 393 g/mol. The summed E-state index contributed by atoms with van der Waals surface area (Å²) in [5.41, 5.74) is 3.85. The zero-order chi connectivity index (χ0) is 20.5. The Kier molecular flexibility index (Phi) is 4.75. The van der Waals surface area contributed by atoms with Gasteiger partial charge in [0.25, 0.3) is 5.91 Å². The van der Waals surface area contributed by atoms with Crippen LogP contribution in [0.15, 0.2) is 48.5 Å². The van der Waals surface area contributed by atoms with Crippen LogP contribution in [0.5, 0.6) is 0 Å². The summed E-state index contributed by atoms with van der Waals surface area (Å²) < 4.78 is 27.9. The van der Waals surface area contributed by atoms with Crippen LogP contribution in [-0.4, -0.2) is 25.7 Å². The number of aryl methyl sites for hydroxylation is 2. The van der Waals surface area contributed by atoms with Crippen LogP contribution in [0.2, 0.25) is 0 Å². The highest BCUT2D eigenvalue weighted by molar-refractivity contribution is 6.03. The molecular weight excluding hydrogens is 376 g/mol. The van der Waals surface area contributed by atoms with E-state index >= 15 is 0 Å². The van der Waals surface area contributed by atoms with Crippen LogP contribution in [-0.2, 0) is 6.42 Å². The van der Waals surface area contributed by atoms with Crippen LogP contribution in [0.4, 0.5) is 14.5 Å². The van der Waals surface area contributed by atoms with Crippen LogP contribution >= 0.6 is 0 Å². The zero-order valence-corrected chi connectivity index (χ0v) is 15.8. The van der Waals surface area contributed by atoms with Crippen molar-refractivity contribution >= 4 is 17.2 Å². The van der Waals surface area contributed by atoms with Crippen molar-refractivity contribution in [2.45, 2.75) is 20.3 Å². The lowest BCUT2D eigenvalue weighted by Gasteiger charge is -2.08. The summed E-state index contributed by atoms with van der Waals surface area (Å²) in [5, 5.41) is 15.6. The molecule has 146 valence electrons. The molecule has 0 radical (unpaired) electrons. The van der Waals surface area contributed by atoms with E-state index in [4.69, 9.17) is 0 Å². The molecule has 0 spiro atoms. The van der Waals surface area contributed by atoms with E-state index in [1.54, 1.807) is 23.6 Å². The van der Waals surface area contributed by atoms with E-state index in [1.807, 2.05) is 6.92 Å². The van der Waals surface area contributed by atoms with Gasteiger partial charge in [-0.05, 0) is 55.3 Å². The van der Waals surface area contributed by atoms with E-state index in [-0.39, 0.29) is 11.5 Å². The van der Waals surface area contributed by atoms with Gasteiger partial charge in [-0.15, -0.1) is 10.2 Å². The van der Waals surface area contributed by atoms with Gasteiger partial charge in [-0.1, -0.05) is 19.1 Å². The van der Waals surface area contributed by atoms with Crippen molar-refractivity contribution in [3.05, 3.63) is 77.2 Å². The predicted octanol–water partition coefficient (Wildman–Crippen LogP) is 4.19. The second kappa shape index (κ2) is 7.38. The van der Waals surface area contributed by atoms with E-state index < -0.39 is 11.7 Å². The van der Waals surface area contributed by atoms with Crippen molar-refractivity contribution in [3.63, 3.8) is 0 Å². The van der Waals surface area contributed by atoms with Crippen LogP contribution in [0, 0.1) is 18.6 Å². The first-order chi connectivity index (χ1) is 14.0. The predicted molar refractivity (Wildman–Crippen MR) is 105 cm³/mol. The summed E-state index contributed by atoms with van der Waals surface area (Å²) in [7, 11) is 0. The zero-order valence-electron chi connectivity index (χ0n) is 15.8. The largest absolute Gasteiger partial charge is 0.321 e. The molecule has 2 heterocycles. The molecule has 0 aliphatic heterocycles. The number of hydrogen-bond donors (Lipinski definition) is 1. The Morgan fingerprint density at radius 3 is 2.24 bits per heavy atom. The Labute approximate surface area is 165 Å². The molecule has 1 N–H and O–H groups in total. The van der Waals surface area contributed by atoms with Gasteiger partial charge in [-0.2, -0.15) is 5.10 Å². The molecule has 1 amide bonds. The molecule has 29 heavy (non-hydrogen) atoms. The Morgan fingerprint density at radius 1 is 1.00 bits per heavy atom.